The molecule has 0 heterocycles. The standard InChI is InChI=1S/C10H16O/c1-9-5-3-7-10(2,11)8-4-6-9/h3,6-7,11H,4-5,8H2,1-2H3. The largest absolute Gasteiger partial charge is 0.386 e. The van der Waals surface area contributed by atoms with Crippen LogP contribution in [-0.2, 0) is 0 Å². The van der Waals surface area contributed by atoms with Gasteiger partial charge in [-0.2, -0.15) is 0 Å². The molecule has 1 nitrogen and oxygen atoms in total. The van der Waals surface area contributed by atoms with Crippen molar-refractivity contribution in [3.63, 3.8) is 0 Å². The van der Waals surface area contributed by atoms with Gasteiger partial charge in [-0.1, -0.05) is 23.8 Å². The van der Waals surface area contributed by atoms with Crippen molar-refractivity contribution in [2.24, 2.45) is 0 Å². The number of hydrogen-bond acceptors (Lipinski definition) is 1. The number of allylic oxidation sites excluding steroid dienone is 3. The average molecular weight is 152 g/mol. The van der Waals surface area contributed by atoms with Crippen LogP contribution in [0.4, 0.5) is 0 Å². The Balaban J connectivity index is 2.62. The maximum atomic E-state index is 9.65. The summed E-state index contributed by atoms with van der Waals surface area (Å²) >= 11 is 0. The Hall–Kier alpha value is -0.560. The molecule has 1 rings (SSSR count). The Labute approximate surface area is 68.4 Å². The van der Waals surface area contributed by atoms with Crippen molar-refractivity contribution in [3.8, 4) is 0 Å². The Morgan fingerprint density at radius 3 is 3.00 bits per heavy atom. The summed E-state index contributed by atoms with van der Waals surface area (Å²) < 4.78 is 0. The van der Waals surface area contributed by atoms with Gasteiger partial charge in [-0.15, -0.1) is 0 Å². The second-order valence-corrected chi connectivity index (χ2v) is 3.55. The number of hydrogen-bond donors (Lipinski definition) is 1. The summed E-state index contributed by atoms with van der Waals surface area (Å²) in [6, 6.07) is 0. The van der Waals surface area contributed by atoms with E-state index in [1.165, 1.54) is 5.57 Å². The highest BCUT2D eigenvalue weighted by molar-refractivity contribution is 5.11. The van der Waals surface area contributed by atoms with Crippen molar-refractivity contribution >= 4 is 0 Å². The zero-order valence-electron chi connectivity index (χ0n) is 7.30. The zero-order chi connectivity index (χ0) is 8.32. The van der Waals surface area contributed by atoms with E-state index in [-0.39, 0.29) is 0 Å². The lowest BCUT2D eigenvalue weighted by Gasteiger charge is -2.19. The number of aliphatic hydroxyl groups is 1. The van der Waals surface area contributed by atoms with Crippen molar-refractivity contribution in [2.45, 2.75) is 38.7 Å². The second-order valence-electron chi connectivity index (χ2n) is 3.55. The molecule has 0 amide bonds. The van der Waals surface area contributed by atoms with E-state index in [0.717, 1.165) is 19.3 Å². The lowest BCUT2D eigenvalue weighted by Crippen LogP contribution is -2.20. The first-order valence-corrected chi connectivity index (χ1v) is 4.16. The van der Waals surface area contributed by atoms with Crippen LogP contribution in [0.15, 0.2) is 23.8 Å². The van der Waals surface area contributed by atoms with E-state index in [4.69, 9.17) is 0 Å². The van der Waals surface area contributed by atoms with E-state index in [0.29, 0.717) is 0 Å². The first kappa shape index (κ1) is 8.54. The Morgan fingerprint density at radius 1 is 1.55 bits per heavy atom. The van der Waals surface area contributed by atoms with Gasteiger partial charge in [-0.05, 0) is 33.1 Å². The molecule has 0 aromatic carbocycles. The average Bonchev–Trinajstić information content (AvgIpc) is 1.83. The molecule has 1 N–H and O–H groups in total. The summed E-state index contributed by atoms with van der Waals surface area (Å²) in [6.07, 6.45) is 8.96. The summed E-state index contributed by atoms with van der Waals surface area (Å²) in [4.78, 5) is 0. The lowest BCUT2D eigenvalue weighted by atomic mass is 9.95. The Bertz CT molecular complexity index is 187. The monoisotopic (exact) mass is 152 g/mol. The second kappa shape index (κ2) is 3.22. The molecule has 0 spiro atoms. The predicted octanol–water partition coefficient (Wildman–Crippen LogP) is 2.42. The van der Waals surface area contributed by atoms with Gasteiger partial charge in [0.1, 0.15) is 0 Å². The van der Waals surface area contributed by atoms with Crippen LogP contribution in [0.3, 0.4) is 0 Å². The van der Waals surface area contributed by atoms with Crippen molar-refractivity contribution in [3.05, 3.63) is 23.8 Å². The number of rotatable bonds is 0. The SMILES string of the molecule is CC1=CCCC(C)(O)C=CC1. The van der Waals surface area contributed by atoms with Gasteiger partial charge < -0.3 is 5.11 Å². The molecule has 0 aliphatic heterocycles. The molecule has 62 valence electrons. The molecule has 1 aliphatic rings. The van der Waals surface area contributed by atoms with Gasteiger partial charge in [-0.3, -0.25) is 0 Å². The molecule has 0 bridgehead atoms. The summed E-state index contributed by atoms with van der Waals surface area (Å²) in [7, 11) is 0. The van der Waals surface area contributed by atoms with Crippen LogP contribution in [0.2, 0.25) is 0 Å². The molecule has 1 heteroatoms. The minimum atomic E-state index is -0.586. The highest BCUT2D eigenvalue weighted by Crippen LogP contribution is 2.19. The smallest absolute Gasteiger partial charge is 0.0802 e. The third-order valence-corrected chi connectivity index (χ3v) is 2.06. The van der Waals surface area contributed by atoms with Crippen LogP contribution < -0.4 is 0 Å². The van der Waals surface area contributed by atoms with Gasteiger partial charge in [0.15, 0.2) is 0 Å². The van der Waals surface area contributed by atoms with Gasteiger partial charge in [0.2, 0.25) is 0 Å². The minimum Gasteiger partial charge on any atom is -0.386 e. The minimum absolute atomic E-state index is 0.586. The van der Waals surface area contributed by atoms with Crippen molar-refractivity contribution in [2.75, 3.05) is 0 Å². The van der Waals surface area contributed by atoms with E-state index in [9.17, 15) is 5.11 Å². The molecule has 0 saturated heterocycles. The van der Waals surface area contributed by atoms with Crippen LogP contribution in [0, 0.1) is 0 Å². The molecule has 0 fully saturated rings. The Morgan fingerprint density at radius 2 is 2.27 bits per heavy atom. The van der Waals surface area contributed by atoms with Crippen LogP contribution in [0.1, 0.15) is 33.1 Å². The fraction of sp³-hybridized carbons (Fsp3) is 0.600. The van der Waals surface area contributed by atoms with Crippen LogP contribution >= 0.6 is 0 Å². The van der Waals surface area contributed by atoms with Gasteiger partial charge >= 0.3 is 0 Å². The fourth-order valence-electron chi connectivity index (χ4n) is 1.28. The molecular formula is C10H16O. The van der Waals surface area contributed by atoms with Crippen LogP contribution in [-0.4, -0.2) is 10.7 Å². The highest BCUT2D eigenvalue weighted by atomic mass is 16.3. The summed E-state index contributed by atoms with van der Waals surface area (Å²) in [5, 5.41) is 9.65. The molecular weight excluding hydrogens is 136 g/mol. The molecule has 1 aliphatic carbocycles. The molecule has 1 unspecified atom stereocenters. The molecule has 0 saturated carbocycles. The third kappa shape index (κ3) is 2.89. The molecule has 11 heavy (non-hydrogen) atoms. The van der Waals surface area contributed by atoms with Crippen LogP contribution in [0.25, 0.3) is 0 Å². The third-order valence-electron chi connectivity index (χ3n) is 2.06. The zero-order valence-corrected chi connectivity index (χ0v) is 7.30. The van der Waals surface area contributed by atoms with E-state index >= 15 is 0 Å². The van der Waals surface area contributed by atoms with Gasteiger partial charge in [0, 0.05) is 0 Å². The van der Waals surface area contributed by atoms with Crippen molar-refractivity contribution in [1.82, 2.24) is 0 Å². The van der Waals surface area contributed by atoms with Crippen molar-refractivity contribution < 1.29 is 5.11 Å². The van der Waals surface area contributed by atoms with E-state index in [2.05, 4.69) is 13.0 Å². The molecule has 0 radical (unpaired) electrons. The topological polar surface area (TPSA) is 20.2 Å². The maximum Gasteiger partial charge on any atom is 0.0802 e. The quantitative estimate of drug-likeness (QED) is 0.528. The molecule has 0 aromatic rings. The highest BCUT2D eigenvalue weighted by Gasteiger charge is 2.15. The van der Waals surface area contributed by atoms with E-state index < -0.39 is 5.60 Å². The van der Waals surface area contributed by atoms with Crippen LogP contribution in [0.5, 0.6) is 0 Å². The lowest BCUT2D eigenvalue weighted by molar-refractivity contribution is 0.102. The van der Waals surface area contributed by atoms with E-state index in [1.54, 1.807) is 0 Å². The maximum absolute atomic E-state index is 9.65. The fourth-order valence-corrected chi connectivity index (χ4v) is 1.28. The molecule has 0 aromatic heterocycles. The van der Waals surface area contributed by atoms with Gasteiger partial charge in [-0.25, -0.2) is 0 Å². The van der Waals surface area contributed by atoms with Gasteiger partial charge in [0.05, 0.1) is 5.60 Å². The Kier molecular flexibility index (Phi) is 2.50. The van der Waals surface area contributed by atoms with Crippen molar-refractivity contribution in [1.29, 1.82) is 0 Å². The van der Waals surface area contributed by atoms with Gasteiger partial charge in [0.25, 0.3) is 0 Å². The van der Waals surface area contributed by atoms with E-state index in [1.807, 2.05) is 19.1 Å². The summed E-state index contributed by atoms with van der Waals surface area (Å²) in [6.45, 7) is 3.99. The first-order valence-electron chi connectivity index (χ1n) is 4.16. The summed E-state index contributed by atoms with van der Waals surface area (Å²) in [5.74, 6) is 0. The summed E-state index contributed by atoms with van der Waals surface area (Å²) in [5.41, 5.74) is 0.814. The molecule has 1 atom stereocenters. The predicted molar refractivity (Wildman–Crippen MR) is 47.4 cm³/mol. The first-order chi connectivity index (χ1) is 5.10. The normalized spacial score (nSPS) is 32.5.